The molecule has 4 unspecified atom stereocenters. The Morgan fingerprint density at radius 3 is 2.83 bits per heavy atom. The van der Waals surface area contributed by atoms with E-state index in [2.05, 4.69) is 28.3 Å². The average Bonchev–Trinajstić information content (AvgIpc) is 2.91. The molecule has 3 amide bonds. The van der Waals surface area contributed by atoms with Gasteiger partial charge in [0.15, 0.2) is 0 Å². The highest BCUT2D eigenvalue weighted by atomic mass is 16.5. The molecule has 23 heavy (non-hydrogen) atoms. The van der Waals surface area contributed by atoms with Crippen LogP contribution in [0.15, 0.2) is 4.99 Å². The maximum Gasteiger partial charge on any atom is 0.267 e. The van der Waals surface area contributed by atoms with Gasteiger partial charge in [-0.2, -0.15) is 0 Å². The Balaban J connectivity index is 2.15. The zero-order chi connectivity index (χ0) is 17.0. The van der Waals surface area contributed by atoms with Crippen molar-refractivity contribution in [3.8, 4) is 12.3 Å². The summed E-state index contributed by atoms with van der Waals surface area (Å²) in [6.07, 6.45) is 6.15. The molecule has 0 bridgehead atoms. The topological polar surface area (TPSA) is 100 Å². The Morgan fingerprint density at radius 2 is 2.22 bits per heavy atom. The van der Waals surface area contributed by atoms with Crippen LogP contribution in [0.3, 0.4) is 0 Å². The van der Waals surface area contributed by atoms with E-state index >= 15 is 0 Å². The molecule has 0 aliphatic carbocycles. The van der Waals surface area contributed by atoms with Gasteiger partial charge in [-0.15, -0.1) is 6.42 Å². The van der Waals surface area contributed by atoms with E-state index in [4.69, 9.17) is 11.2 Å². The van der Waals surface area contributed by atoms with Crippen molar-refractivity contribution >= 4 is 24.4 Å². The predicted molar refractivity (Wildman–Crippen MR) is 82.4 cm³/mol. The average molecular weight is 320 g/mol. The highest BCUT2D eigenvalue weighted by molar-refractivity contribution is 5.95. The molecule has 0 aromatic heterocycles. The smallest absolute Gasteiger partial charge is 0.267 e. The molecule has 2 heterocycles. The van der Waals surface area contributed by atoms with Gasteiger partial charge < -0.3 is 15.0 Å². The number of carbonyl (C=O) groups is 3. The van der Waals surface area contributed by atoms with Crippen LogP contribution in [0.4, 0.5) is 0 Å². The van der Waals surface area contributed by atoms with Gasteiger partial charge in [0.05, 0.1) is 6.61 Å². The van der Waals surface area contributed by atoms with E-state index in [0.717, 1.165) is 0 Å². The molecule has 124 valence electrons. The third-order valence-electron chi connectivity index (χ3n) is 4.08. The van der Waals surface area contributed by atoms with Crippen LogP contribution >= 0.6 is 0 Å². The lowest BCUT2D eigenvalue weighted by molar-refractivity contribution is -0.147. The lowest BCUT2D eigenvalue weighted by Crippen LogP contribution is -2.55. The van der Waals surface area contributed by atoms with Crippen molar-refractivity contribution in [2.75, 3.05) is 13.7 Å². The Bertz CT molecular complexity index is 556. The second-order valence-electron chi connectivity index (χ2n) is 5.40. The first-order valence-electron chi connectivity index (χ1n) is 7.41. The fourth-order valence-electron chi connectivity index (χ4n) is 2.89. The van der Waals surface area contributed by atoms with Crippen LogP contribution in [0.25, 0.3) is 0 Å². The first-order chi connectivity index (χ1) is 11.0. The Kier molecular flexibility index (Phi) is 5.47. The molecule has 2 aliphatic heterocycles. The Hall–Kier alpha value is -2.24. The summed E-state index contributed by atoms with van der Waals surface area (Å²) >= 11 is 0. The minimum absolute atomic E-state index is 0.306. The highest BCUT2D eigenvalue weighted by Crippen LogP contribution is 2.29. The molecular weight excluding hydrogens is 300 g/mol. The minimum Gasteiger partial charge on any atom is -0.358 e. The van der Waals surface area contributed by atoms with Crippen LogP contribution in [0, 0.1) is 12.3 Å². The summed E-state index contributed by atoms with van der Waals surface area (Å²) in [5.41, 5.74) is 0. The maximum atomic E-state index is 12.7. The second kappa shape index (κ2) is 7.35. The number of ether oxygens (including phenoxy) is 1. The Morgan fingerprint density at radius 1 is 1.48 bits per heavy atom. The normalized spacial score (nSPS) is 28.3. The van der Waals surface area contributed by atoms with Gasteiger partial charge in [-0.1, -0.05) is 5.92 Å². The molecule has 2 aliphatic rings. The van der Waals surface area contributed by atoms with E-state index in [0.29, 0.717) is 25.9 Å². The number of carbonyl (C=O) groups excluding carboxylic acids is 3. The molecule has 2 saturated heterocycles. The molecule has 0 radical (unpaired) electrons. The quantitative estimate of drug-likeness (QED) is 0.493. The summed E-state index contributed by atoms with van der Waals surface area (Å²) in [5, 5.41) is 5.30. The number of terminal acetylenes is 1. The first kappa shape index (κ1) is 17.1. The van der Waals surface area contributed by atoms with Crippen molar-refractivity contribution in [3.63, 3.8) is 0 Å². The summed E-state index contributed by atoms with van der Waals surface area (Å²) < 4.78 is 5.63. The number of hydrogen-bond acceptors (Lipinski definition) is 5. The lowest BCUT2D eigenvalue weighted by Gasteiger charge is -2.28. The van der Waals surface area contributed by atoms with Gasteiger partial charge in [-0.05, 0) is 26.6 Å². The summed E-state index contributed by atoms with van der Waals surface area (Å²) in [6.45, 7) is 3.53. The molecule has 0 saturated carbocycles. The van der Waals surface area contributed by atoms with Gasteiger partial charge in [0.2, 0.25) is 11.8 Å². The lowest BCUT2D eigenvalue weighted by atomic mass is 10.1. The number of amides is 3. The molecule has 0 spiro atoms. The molecule has 4 atom stereocenters. The standard InChI is InChI=1S/C15H20N4O4/c1-4-9(16-2)13(20)18-10-7-8-23-12-6-5-11(14(21)17-3)19(12)15(10)22/h1,9-12,16H,3,5-8H2,2H3,(H,18,20). The van der Waals surface area contributed by atoms with Gasteiger partial charge in [0.25, 0.3) is 5.91 Å². The summed E-state index contributed by atoms with van der Waals surface area (Å²) in [5.74, 6) is 1.02. The molecule has 2 fully saturated rings. The molecule has 8 nitrogen and oxygen atoms in total. The zero-order valence-corrected chi connectivity index (χ0v) is 12.9. The summed E-state index contributed by atoms with van der Waals surface area (Å²) in [6, 6.07) is -2.29. The number of aliphatic imine (C=N–C) groups is 1. The third-order valence-corrected chi connectivity index (χ3v) is 4.08. The van der Waals surface area contributed by atoms with E-state index in [9.17, 15) is 14.4 Å². The van der Waals surface area contributed by atoms with Crippen molar-refractivity contribution in [2.24, 2.45) is 4.99 Å². The van der Waals surface area contributed by atoms with Gasteiger partial charge in [0, 0.05) is 6.42 Å². The highest BCUT2D eigenvalue weighted by Gasteiger charge is 2.45. The predicted octanol–water partition coefficient (Wildman–Crippen LogP) is -1.34. The molecule has 2 rings (SSSR count). The number of hydrogen-bond donors (Lipinski definition) is 2. The number of rotatable bonds is 4. The minimum atomic E-state index is -0.825. The van der Waals surface area contributed by atoms with Gasteiger partial charge in [0.1, 0.15) is 24.4 Å². The molecule has 8 heteroatoms. The van der Waals surface area contributed by atoms with Crippen molar-refractivity contribution < 1.29 is 19.1 Å². The van der Waals surface area contributed by atoms with Gasteiger partial charge in [-0.25, -0.2) is 4.99 Å². The number of likely N-dealkylation sites (N-methyl/N-ethyl adjacent to an activating group) is 1. The van der Waals surface area contributed by atoms with Crippen LogP contribution in [0.5, 0.6) is 0 Å². The zero-order valence-electron chi connectivity index (χ0n) is 12.9. The maximum absolute atomic E-state index is 12.7. The van der Waals surface area contributed by atoms with Crippen molar-refractivity contribution in [2.45, 2.75) is 43.6 Å². The molecule has 0 aromatic carbocycles. The Labute approximate surface area is 134 Å². The molecule has 0 aromatic rings. The van der Waals surface area contributed by atoms with Crippen LogP contribution in [0.2, 0.25) is 0 Å². The van der Waals surface area contributed by atoms with E-state index < -0.39 is 36.2 Å². The SMILES string of the molecule is C#CC(NC)C(=O)NC1CCOC2CCC(C(=O)N=C)N2C1=O. The van der Waals surface area contributed by atoms with E-state index in [-0.39, 0.29) is 5.91 Å². The summed E-state index contributed by atoms with van der Waals surface area (Å²) in [4.78, 5) is 41.4. The van der Waals surface area contributed by atoms with E-state index in [1.54, 1.807) is 7.05 Å². The number of nitrogens with zero attached hydrogens (tertiary/aromatic N) is 2. The third kappa shape index (κ3) is 3.41. The second-order valence-corrected chi connectivity index (χ2v) is 5.40. The monoisotopic (exact) mass is 320 g/mol. The van der Waals surface area contributed by atoms with Crippen LogP contribution in [-0.4, -0.2) is 67.3 Å². The van der Waals surface area contributed by atoms with Crippen LogP contribution in [-0.2, 0) is 19.1 Å². The number of nitrogens with one attached hydrogen (secondary N) is 2. The largest absolute Gasteiger partial charge is 0.358 e. The van der Waals surface area contributed by atoms with Crippen LogP contribution in [0.1, 0.15) is 19.3 Å². The summed E-state index contributed by atoms with van der Waals surface area (Å²) in [7, 11) is 1.56. The van der Waals surface area contributed by atoms with Gasteiger partial charge in [-0.3, -0.25) is 19.7 Å². The van der Waals surface area contributed by atoms with Crippen molar-refractivity contribution in [1.82, 2.24) is 15.5 Å². The fraction of sp³-hybridized carbons (Fsp3) is 0.600. The van der Waals surface area contributed by atoms with Gasteiger partial charge >= 0.3 is 0 Å². The fourth-order valence-corrected chi connectivity index (χ4v) is 2.89. The molecular formula is C15H20N4O4. The first-order valence-corrected chi connectivity index (χ1v) is 7.41. The molecule has 2 N–H and O–H groups in total. The van der Waals surface area contributed by atoms with Crippen molar-refractivity contribution in [1.29, 1.82) is 0 Å². The number of fused-ring (bicyclic) bond motifs is 1. The van der Waals surface area contributed by atoms with E-state index in [1.165, 1.54) is 4.90 Å². The van der Waals surface area contributed by atoms with Crippen molar-refractivity contribution in [3.05, 3.63) is 0 Å². The van der Waals surface area contributed by atoms with Crippen LogP contribution < -0.4 is 10.6 Å². The van der Waals surface area contributed by atoms with E-state index in [1.807, 2.05) is 0 Å².